The van der Waals surface area contributed by atoms with E-state index in [4.69, 9.17) is 9.47 Å². The van der Waals surface area contributed by atoms with Crippen LogP contribution in [0.15, 0.2) is 36.5 Å². The summed E-state index contributed by atoms with van der Waals surface area (Å²) in [5.74, 6) is -0.0792. The molecule has 10 heteroatoms. The van der Waals surface area contributed by atoms with E-state index in [1.807, 2.05) is 29.7 Å². The molecule has 1 aromatic carbocycles. The quantitative estimate of drug-likeness (QED) is 0.311. The van der Waals surface area contributed by atoms with Crippen molar-refractivity contribution in [2.75, 3.05) is 25.6 Å². The smallest absolute Gasteiger partial charge is 0.351 e. The Balaban J connectivity index is 1.31. The van der Waals surface area contributed by atoms with E-state index in [1.54, 1.807) is 19.4 Å². The van der Waals surface area contributed by atoms with Gasteiger partial charge >= 0.3 is 5.97 Å². The van der Waals surface area contributed by atoms with Crippen LogP contribution in [-0.2, 0) is 6.54 Å². The molecule has 1 fully saturated rings. The average Bonchev–Trinajstić information content (AvgIpc) is 3.48. The summed E-state index contributed by atoms with van der Waals surface area (Å²) in [5.41, 5.74) is 2.81. The minimum Gasteiger partial charge on any atom is -0.496 e. The molecule has 2 N–H and O–H groups in total. The molecule has 0 unspecified atom stereocenters. The number of methoxy groups -OCH3 is 1. The van der Waals surface area contributed by atoms with Crippen molar-refractivity contribution in [1.82, 2.24) is 14.5 Å². The first-order valence-electron chi connectivity index (χ1n) is 11.3. The van der Waals surface area contributed by atoms with Crippen molar-refractivity contribution in [3.63, 3.8) is 0 Å². The van der Waals surface area contributed by atoms with Gasteiger partial charge in [0.05, 0.1) is 19.2 Å². The normalized spacial score (nSPS) is 13.2. The van der Waals surface area contributed by atoms with Gasteiger partial charge in [0.15, 0.2) is 4.88 Å². The third-order valence-corrected chi connectivity index (χ3v) is 7.03. The molecule has 0 amide bonds. The number of thiazole rings is 1. The van der Waals surface area contributed by atoms with E-state index in [2.05, 4.69) is 15.3 Å². The van der Waals surface area contributed by atoms with Crippen LogP contribution in [-0.4, -0.2) is 45.9 Å². The molecule has 1 aliphatic rings. The third-order valence-electron chi connectivity index (χ3n) is 5.98. The van der Waals surface area contributed by atoms with Crippen LogP contribution < -0.4 is 14.8 Å². The molecule has 4 aromatic rings. The van der Waals surface area contributed by atoms with Crippen LogP contribution in [0, 0.1) is 18.7 Å². The maximum atomic E-state index is 14.6. The van der Waals surface area contributed by atoms with Gasteiger partial charge in [-0.2, -0.15) is 4.98 Å². The van der Waals surface area contributed by atoms with Gasteiger partial charge in [-0.15, -0.1) is 11.3 Å². The highest BCUT2D eigenvalue weighted by molar-refractivity contribution is 7.17. The van der Waals surface area contributed by atoms with Crippen LogP contribution in [0.25, 0.3) is 21.6 Å². The molecule has 5 rings (SSSR count). The molecule has 0 radical (unpaired) electrons. The van der Waals surface area contributed by atoms with Crippen molar-refractivity contribution in [1.29, 1.82) is 0 Å². The van der Waals surface area contributed by atoms with Gasteiger partial charge in [-0.3, -0.25) is 4.98 Å². The Morgan fingerprint density at radius 2 is 2.14 bits per heavy atom. The first-order valence-corrected chi connectivity index (χ1v) is 12.2. The maximum Gasteiger partial charge on any atom is 0.351 e. The molecule has 3 heterocycles. The number of rotatable bonds is 10. The van der Waals surface area contributed by atoms with Crippen molar-refractivity contribution >= 4 is 33.9 Å². The number of carbonyl (C=O) groups is 1. The van der Waals surface area contributed by atoms with Crippen LogP contribution in [0.4, 0.5) is 10.1 Å². The molecule has 0 saturated heterocycles. The SMILES string of the molecule is COc1ccc(F)c2c1cc(C)n2CCNc1ccnc(-c2nc(OCC3CC3)c(C(=O)O)s2)c1. The molecule has 1 aliphatic carbocycles. The molecule has 182 valence electrons. The third kappa shape index (κ3) is 4.79. The summed E-state index contributed by atoms with van der Waals surface area (Å²) in [6, 6.07) is 8.62. The minimum atomic E-state index is -1.06. The number of nitrogens with one attached hydrogen (secondary N) is 1. The lowest BCUT2D eigenvalue weighted by molar-refractivity contribution is 0.0697. The largest absolute Gasteiger partial charge is 0.496 e. The number of benzene rings is 1. The molecular formula is C25H25FN4O4S. The van der Waals surface area contributed by atoms with Gasteiger partial charge in [0.2, 0.25) is 5.88 Å². The number of pyridine rings is 1. The number of nitrogens with zero attached hydrogens (tertiary/aromatic N) is 3. The monoisotopic (exact) mass is 496 g/mol. The van der Waals surface area contributed by atoms with E-state index >= 15 is 0 Å². The van der Waals surface area contributed by atoms with Gasteiger partial charge in [0, 0.05) is 36.1 Å². The van der Waals surface area contributed by atoms with Crippen molar-refractivity contribution in [3.8, 4) is 22.3 Å². The predicted octanol–water partition coefficient (Wildman–Crippen LogP) is 5.22. The summed E-state index contributed by atoms with van der Waals surface area (Å²) in [5, 5.41) is 14.1. The molecule has 8 nitrogen and oxygen atoms in total. The summed E-state index contributed by atoms with van der Waals surface area (Å²) < 4.78 is 27.6. The zero-order chi connectivity index (χ0) is 24.5. The highest BCUT2D eigenvalue weighted by atomic mass is 32.1. The van der Waals surface area contributed by atoms with Crippen molar-refractivity contribution in [3.05, 3.63) is 52.9 Å². The maximum absolute atomic E-state index is 14.6. The summed E-state index contributed by atoms with van der Waals surface area (Å²) in [6.45, 7) is 3.50. The van der Waals surface area contributed by atoms with Crippen molar-refractivity contribution in [2.24, 2.45) is 5.92 Å². The lowest BCUT2D eigenvalue weighted by atomic mass is 10.2. The lowest BCUT2D eigenvalue weighted by Crippen LogP contribution is -2.12. The molecule has 3 aromatic heterocycles. The summed E-state index contributed by atoms with van der Waals surface area (Å²) in [7, 11) is 1.58. The fourth-order valence-electron chi connectivity index (χ4n) is 4.01. The standard InChI is InChI=1S/C25H25FN4O4S/c1-14-11-17-20(33-2)6-5-18(26)21(17)30(14)10-9-27-16-7-8-28-19(12-16)24-29-23(22(35-24)25(31)32)34-13-15-3-4-15/h5-8,11-12,15H,3-4,9-10,13H2,1-2H3,(H,27,28)(H,31,32). The number of fused-ring (bicyclic) bond motifs is 1. The van der Waals surface area contributed by atoms with E-state index < -0.39 is 5.97 Å². The fraction of sp³-hybridized carbons (Fsp3) is 0.320. The van der Waals surface area contributed by atoms with Gasteiger partial charge < -0.3 is 24.5 Å². The lowest BCUT2D eigenvalue weighted by Gasteiger charge is -2.12. The predicted molar refractivity (Wildman–Crippen MR) is 132 cm³/mol. The number of hydrogen-bond acceptors (Lipinski definition) is 7. The number of anilines is 1. The van der Waals surface area contributed by atoms with E-state index in [9.17, 15) is 14.3 Å². The Bertz CT molecular complexity index is 1400. The van der Waals surface area contributed by atoms with Crippen LogP contribution in [0.5, 0.6) is 11.6 Å². The zero-order valence-electron chi connectivity index (χ0n) is 19.4. The number of ether oxygens (including phenoxy) is 2. The van der Waals surface area contributed by atoms with Crippen LogP contribution in [0.1, 0.15) is 28.2 Å². The molecule has 35 heavy (non-hydrogen) atoms. The molecule has 0 spiro atoms. The van der Waals surface area contributed by atoms with Gasteiger partial charge in [0.1, 0.15) is 22.3 Å². The highest BCUT2D eigenvalue weighted by Crippen LogP contribution is 2.35. The number of carboxylic acids is 1. The Labute approximate surface area is 205 Å². The molecular weight excluding hydrogens is 471 g/mol. The van der Waals surface area contributed by atoms with Crippen molar-refractivity contribution < 1.29 is 23.8 Å². The average molecular weight is 497 g/mol. The highest BCUT2D eigenvalue weighted by Gasteiger charge is 2.26. The van der Waals surface area contributed by atoms with E-state index in [1.165, 1.54) is 6.07 Å². The van der Waals surface area contributed by atoms with Crippen LogP contribution >= 0.6 is 11.3 Å². The number of hydrogen-bond donors (Lipinski definition) is 2. The first-order chi connectivity index (χ1) is 16.9. The Hall–Kier alpha value is -3.66. The second-order valence-electron chi connectivity index (χ2n) is 8.52. The summed E-state index contributed by atoms with van der Waals surface area (Å²) in [6.07, 6.45) is 3.85. The molecule has 1 saturated carbocycles. The number of aromatic nitrogens is 3. The fourth-order valence-corrected chi connectivity index (χ4v) is 4.82. The van der Waals surface area contributed by atoms with Gasteiger partial charge in [-0.05, 0) is 56.0 Å². The van der Waals surface area contributed by atoms with E-state index in [0.29, 0.717) is 47.6 Å². The van der Waals surface area contributed by atoms with E-state index in [0.717, 1.165) is 40.9 Å². The number of aryl methyl sites for hydroxylation is 1. The summed E-state index contributed by atoms with van der Waals surface area (Å²) >= 11 is 1.05. The van der Waals surface area contributed by atoms with Crippen LogP contribution in [0.3, 0.4) is 0 Å². The topological polar surface area (TPSA) is 98.5 Å². The van der Waals surface area contributed by atoms with Gasteiger partial charge in [-0.25, -0.2) is 9.18 Å². The van der Waals surface area contributed by atoms with Crippen LogP contribution in [0.2, 0.25) is 0 Å². The molecule has 0 bridgehead atoms. The number of aromatic carboxylic acids is 1. The molecule has 0 atom stereocenters. The Morgan fingerprint density at radius 1 is 1.31 bits per heavy atom. The summed E-state index contributed by atoms with van der Waals surface area (Å²) in [4.78, 5) is 20.5. The van der Waals surface area contributed by atoms with E-state index in [-0.39, 0.29) is 16.6 Å². The number of carboxylic acid groups (broad SMARTS) is 1. The molecule has 0 aliphatic heterocycles. The second-order valence-corrected chi connectivity index (χ2v) is 9.52. The minimum absolute atomic E-state index is 0.0771. The zero-order valence-corrected chi connectivity index (χ0v) is 20.2. The second kappa shape index (κ2) is 9.53. The first kappa shape index (κ1) is 23.1. The Morgan fingerprint density at radius 3 is 2.89 bits per heavy atom. The van der Waals surface area contributed by atoms with Gasteiger partial charge in [0.25, 0.3) is 0 Å². The van der Waals surface area contributed by atoms with Gasteiger partial charge in [-0.1, -0.05) is 0 Å². The van der Waals surface area contributed by atoms with Crippen molar-refractivity contribution in [2.45, 2.75) is 26.3 Å². The number of halogens is 1. The Kier molecular flexibility index (Phi) is 6.29.